The topological polar surface area (TPSA) is 55.4 Å². The van der Waals surface area contributed by atoms with E-state index in [1.807, 2.05) is 31.2 Å². The fourth-order valence-corrected chi connectivity index (χ4v) is 3.00. The van der Waals surface area contributed by atoms with Gasteiger partial charge in [-0.15, -0.1) is 0 Å². The number of amides is 1. The van der Waals surface area contributed by atoms with E-state index >= 15 is 0 Å². The van der Waals surface area contributed by atoms with E-state index in [9.17, 15) is 9.59 Å². The molecule has 0 spiro atoms. The lowest BCUT2D eigenvalue weighted by Gasteiger charge is -2.14. The monoisotopic (exact) mass is 411 g/mol. The number of hydrogen-bond acceptors (Lipinski definition) is 3. The summed E-state index contributed by atoms with van der Waals surface area (Å²) in [5.41, 5.74) is 2.14. The molecule has 0 saturated carbocycles. The van der Waals surface area contributed by atoms with Crippen LogP contribution in [0, 0.1) is 6.92 Å². The molecule has 7 heteroatoms. The highest BCUT2D eigenvalue weighted by Crippen LogP contribution is 2.33. The van der Waals surface area contributed by atoms with Crippen LogP contribution in [0.4, 0.5) is 5.69 Å². The molecular weight excluding hydrogens is 397 g/mol. The maximum atomic E-state index is 12.2. The minimum atomic E-state index is -1.03. The maximum absolute atomic E-state index is 12.2. The highest BCUT2D eigenvalue weighted by molar-refractivity contribution is 6.42. The van der Waals surface area contributed by atoms with E-state index in [0.29, 0.717) is 5.02 Å². The number of halogens is 3. The summed E-state index contributed by atoms with van der Waals surface area (Å²) in [5, 5.41) is 3.25. The molecule has 0 heterocycles. The summed E-state index contributed by atoms with van der Waals surface area (Å²) in [5.74, 6) is -1.20. The first-order valence-corrected chi connectivity index (χ1v) is 8.80. The normalized spacial score (nSPS) is 12.0. The molecule has 1 N–H and O–H groups in total. The molecule has 0 aliphatic heterocycles. The zero-order chi connectivity index (χ0) is 19.3. The molecule has 0 aromatic heterocycles. The average Bonchev–Trinajstić information content (AvgIpc) is 2.56. The third-order valence-corrected chi connectivity index (χ3v) is 4.19. The number of aryl methyl sites for hydroxylation is 1. The molecule has 136 valence electrons. The fourth-order valence-electron chi connectivity index (χ4n) is 2.09. The summed E-state index contributed by atoms with van der Waals surface area (Å²) in [6.07, 6.45) is 1.85. The smallest absolute Gasteiger partial charge is 0.331 e. The van der Waals surface area contributed by atoms with Crippen molar-refractivity contribution in [3.05, 3.63) is 68.7 Å². The molecule has 2 rings (SSSR count). The Morgan fingerprint density at radius 1 is 1.12 bits per heavy atom. The van der Waals surface area contributed by atoms with Gasteiger partial charge < -0.3 is 10.1 Å². The van der Waals surface area contributed by atoms with E-state index in [1.165, 1.54) is 25.1 Å². The van der Waals surface area contributed by atoms with Crippen molar-refractivity contribution < 1.29 is 14.3 Å². The van der Waals surface area contributed by atoms with Gasteiger partial charge in [-0.05, 0) is 37.6 Å². The Hall–Kier alpha value is -2.01. The molecule has 1 atom stereocenters. The number of benzene rings is 2. The highest BCUT2D eigenvalue weighted by atomic mass is 35.5. The van der Waals surface area contributed by atoms with Gasteiger partial charge in [-0.25, -0.2) is 4.79 Å². The third-order valence-electron chi connectivity index (χ3n) is 3.37. The van der Waals surface area contributed by atoms with Gasteiger partial charge in [-0.3, -0.25) is 4.79 Å². The Bertz CT molecular complexity index is 842. The number of carbonyl (C=O) groups is 2. The number of hydrogen-bond donors (Lipinski definition) is 1. The SMILES string of the molecule is Cc1cccc(C=CC(=O)OC(C)C(=O)Nc2c(Cl)cc(Cl)cc2Cl)c1. The van der Waals surface area contributed by atoms with Gasteiger partial charge in [0, 0.05) is 11.1 Å². The van der Waals surface area contributed by atoms with Crippen molar-refractivity contribution in [3.8, 4) is 0 Å². The number of carbonyl (C=O) groups excluding carboxylic acids is 2. The summed E-state index contributed by atoms with van der Waals surface area (Å²) in [4.78, 5) is 24.1. The molecule has 0 aliphatic rings. The largest absolute Gasteiger partial charge is 0.449 e. The van der Waals surface area contributed by atoms with Crippen LogP contribution in [-0.4, -0.2) is 18.0 Å². The minimum absolute atomic E-state index is 0.189. The Morgan fingerprint density at radius 3 is 2.38 bits per heavy atom. The Kier molecular flexibility index (Phi) is 7.09. The fraction of sp³-hybridized carbons (Fsp3) is 0.158. The van der Waals surface area contributed by atoms with Crippen LogP contribution in [-0.2, 0) is 14.3 Å². The van der Waals surface area contributed by atoms with Gasteiger partial charge in [0.15, 0.2) is 6.10 Å². The molecule has 0 bridgehead atoms. The Morgan fingerprint density at radius 2 is 1.77 bits per heavy atom. The van der Waals surface area contributed by atoms with Gasteiger partial charge in [-0.1, -0.05) is 64.6 Å². The van der Waals surface area contributed by atoms with E-state index in [0.717, 1.165) is 11.1 Å². The van der Waals surface area contributed by atoms with E-state index < -0.39 is 18.0 Å². The Balaban J connectivity index is 1.97. The van der Waals surface area contributed by atoms with Crippen molar-refractivity contribution in [2.24, 2.45) is 0 Å². The van der Waals surface area contributed by atoms with Gasteiger partial charge in [0.05, 0.1) is 15.7 Å². The van der Waals surface area contributed by atoms with Gasteiger partial charge in [-0.2, -0.15) is 0 Å². The van der Waals surface area contributed by atoms with Gasteiger partial charge in [0.25, 0.3) is 5.91 Å². The first kappa shape index (κ1) is 20.3. The van der Waals surface area contributed by atoms with Gasteiger partial charge in [0.1, 0.15) is 0 Å². The van der Waals surface area contributed by atoms with Crippen molar-refractivity contribution >= 4 is 58.4 Å². The summed E-state index contributed by atoms with van der Waals surface area (Å²) in [6, 6.07) is 10.5. The van der Waals surface area contributed by atoms with Gasteiger partial charge in [0.2, 0.25) is 0 Å². The summed E-state index contributed by atoms with van der Waals surface area (Å²) in [7, 11) is 0. The lowest BCUT2D eigenvalue weighted by atomic mass is 10.1. The molecular formula is C19H16Cl3NO3. The first-order chi connectivity index (χ1) is 12.3. The van der Waals surface area contributed by atoms with E-state index in [-0.39, 0.29) is 15.7 Å². The molecule has 0 radical (unpaired) electrons. The van der Waals surface area contributed by atoms with Crippen molar-refractivity contribution in [3.63, 3.8) is 0 Å². The lowest BCUT2D eigenvalue weighted by molar-refractivity contribution is -0.148. The van der Waals surface area contributed by atoms with Crippen LogP contribution in [0.15, 0.2) is 42.5 Å². The molecule has 2 aromatic carbocycles. The van der Waals surface area contributed by atoms with Crippen molar-refractivity contribution in [1.82, 2.24) is 0 Å². The zero-order valence-corrected chi connectivity index (χ0v) is 16.3. The highest BCUT2D eigenvalue weighted by Gasteiger charge is 2.19. The van der Waals surface area contributed by atoms with Crippen molar-refractivity contribution in [2.45, 2.75) is 20.0 Å². The first-order valence-electron chi connectivity index (χ1n) is 7.67. The van der Waals surface area contributed by atoms with Gasteiger partial charge >= 0.3 is 5.97 Å². The van der Waals surface area contributed by atoms with Crippen LogP contribution in [0.3, 0.4) is 0 Å². The van der Waals surface area contributed by atoms with Crippen LogP contribution < -0.4 is 5.32 Å². The second kappa shape index (κ2) is 9.08. The number of esters is 1. The van der Waals surface area contributed by atoms with Crippen LogP contribution in [0.1, 0.15) is 18.1 Å². The molecule has 0 saturated heterocycles. The predicted octanol–water partition coefficient (Wildman–Crippen LogP) is 5.54. The third kappa shape index (κ3) is 5.77. The van der Waals surface area contributed by atoms with Crippen LogP contribution in [0.25, 0.3) is 6.08 Å². The number of ether oxygens (including phenoxy) is 1. The predicted molar refractivity (Wildman–Crippen MR) is 106 cm³/mol. The average molecular weight is 413 g/mol. The summed E-state index contributed by atoms with van der Waals surface area (Å²) in [6.45, 7) is 3.40. The molecule has 1 amide bonds. The second-order valence-corrected chi connectivity index (χ2v) is 6.81. The molecule has 26 heavy (non-hydrogen) atoms. The Labute approximate surface area is 166 Å². The maximum Gasteiger partial charge on any atom is 0.331 e. The second-order valence-electron chi connectivity index (χ2n) is 5.56. The molecule has 2 aromatic rings. The molecule has 4 nitrogen and oxygen atoms in total. The molecule has 1 unspecified atom stereocenters. The van der Waals surface area contributed by atoms with E-state index in [4.69, 9.17) is 39.5 Å². The van der Waals surface area contributed by atoms with E-state index in [2.05, 4.69) is 5.32 Å². The molecule has 0 fully saturated rings. The van der Waals surface area contributed by atoms with Crippen molar-refractivity contribution in [1.29, 1.82) is 0 Å². The number of nitrogens with one attached hydrogen (secondary N) is 1. The summed E-state index contributed by atoms with van der Waals surface area (Å²) >= 11 is 17.9. The standard InChI is InChI=1S/C19H16Cl3NO3/c1-11-4-3-5-13(8-11)6-7-17(24)26-12(2)19(25)23-18-15(21)9-14(20)10-16(18)22/h3-10,12H,1-2H3,(H,23,25). The van der Waals surface area contributed by atoms with Crippen LogP contribution in [0.2, 0.25) is 15.1 Å². The summed E-state index contributed by atoms with van der Waals surface area (Å²) < 4.78 is 5.09. The van der Waals surface area contributed by atoms with Crippen LogP contribution >= 0.6 is 34.8 Å². The van der Waals surface area contributed by atoms with Crippen LogP contribution in [0.5, 0.6) is 0 Å². The lowest BCUT2D eigenvalue weighted by Crippen LogP contribution is -2.29. The number of rotatable bonds is 5. The quantitative estimate of drug-likeness (QED) is 0.518. The molecule has 0 aliphatic carbocycles. The number of anilines is 1. The minimum Gasteiger partial charge on any atom is -0.449 e. The zero-order valence-electron chi connectivity index (χ0n) is 14.1. The van der Waals surface area contributed by atoms with E-state index in [1.54, 1.807) is 6.08 Å². The van der Waals surface area contributed by atoms with Crippen molar-refractivity contribution in [2.75, 3.05) is 5.32 Å².